The van der Waals surface area contributed by atoms with Crippen molar-refractivity contribution in [1.29, 1.82) is 0 Å². The first-order valence-corrected chi connectivity index (χ1v) is 4.25. The minimum atomic E-state index is 0.437. The lowest BCUT2D eigenvalue weighted by Gasteiger charge is -2.30. The molecule has 2 atom stereocenters. The number of hydrogen-bond donors (Lipinski definition) is 2. The van der Waals surface area contributed by atoms with Crippen molar-refractivity contribution < 1.29 is 0 Å². The van der Waals surface area contributed by atoms with Gasteiger partial charge < -0.3 is 10.6 Å². The van der Waals surface area contributed by atoms with Crippen LogP contribution in [0.15, 0.2) is 18.3 Å². The van der Waals surface area contributed by atoms with Gasteiger partial charge in [-0.15, -0.1) is 0 Å². The molecule has 2 heterocycles. The Kier molecular flexibility index (Phi) is 1.64. The molecule has 12 heavy (non-hydrogen) atoms. The highest BCUT2D eigenvalue weighted by Gasteiger charge is 2.19. The lowest BCUT2D eigenvalue weighted by atomic mass is 10.1. The molecule has 0 spiro atoms. The second-order valence-electron chi connectivity index (χ2n) is 3.27. The highest BCUT2D eigenvalue weighted by atomic mass is 15.1. The molecule has 0 unspecified atom stereocenters. The number of hydrogen-bond acceptors (Lipinski definition) is 3. The average molecular weight is 163 g/mol. The first-order valence-electron chi connectivity index (χ1n) is 4.25. The molecular weight excluding hydrogens is 150 g/mol. The Morgan fingerprint density at radius 2 is 2.00 bits per heavy atom. The normalized spacial score (nSPS) is 26.8. The van der Waals surface area contributed by atoms with Gasteiger partial charge >= 0.3 is 0 Å². The largest absolute Gasteiger partial charge is 0.378 e. The standard InChI is InChI=1S/C9H13N3/c1-6-7(2)12-9-8(11-6)4-3-5-10-9/h3-7,11H,1-2H3,(H,10,12)/t6-,7+/m1/s1. The first kappa shape index (κ1) is 7.40. The number of anilines is 2. The van der Waals surface area contributed by atoms with E-state index in [0.29, 0.717) is 12.1 Å². The molecule has 0 fully saturated rings. The van der Waals surface area contributed by atoms with Crippen molar-refractivity contribution in [2.24, 2.45) is 0 Å². The van der Waals surface area contributed by atoms with Crippen LogP contribution >= 0.6 is 0 Å². The van der Waals surface area contributed by atoms with E-state index in [2.05, 4.69) is 29.5 Å². The van der Waals surface area contributed by atoms with Gasteiger partial charge in [0.05, 0.1) is 5.69 Å². The van der Waals surface area contributed by atoms with E-state index in [1.807, 2.05) is 12.1 Å². The van der Waals surface area contributed by atoms with E-state index in [1.54, 1.807) is 6.20 Å². The molecule has 0 amide bonds. The molecule has 1 aliphatic rings. The van der Waals surface area contributed by atoms with Crippen molar-refractivity contribution >= 4 is 11.5 Å². The molecular formula is C9H13N3. The van der Waals surface area contributed by atoms with Gasteiger partial charge in [-0.1, -0.05) is 0 Å². The SMILES string of the molecule is C[C@@H]1Nc2ncccc2N[C@@H]1C. The smallest absolute Gasteiger partial charge is 0.149 e. The van der Waals surface area contributed by atoms with Crippen molar-refractivity contribution in [3.05, 3.63) is 18.3 Å². The Balaban J connectivity index is 2.34. The van der Waals surface area contributed by atoms with Crippen molar-refractivity contribution in [3.63, 3.8) is 0 Å². The number of rotatable bonds is 0. The maximum Gasteiger partial charge on any atom is 0.149 e. The molecule has 0 saturated carbocycles. The first-order chi connectivity index (χ1) is 5.77. The monoisotopic (exact) mass is 163 g/mol. The van der Waals surface area contributed by atoms with Crippen molar-refractivity contribution in [3.8, 4) is 0 Å². The Bertz CT molecular complexity index is 256. The van der Waals surface area contributed by atoms with E-state index in [9.17, 15) is 0 Å². The van der Waals surface area contributed by atoms with Gasteiger partial charge in [-0.3, -0.25) is 0 Å². The van der Waals surface area contributed by atoms with Crippen LogP contribution in [0.3, 0.4) is 0 Å². The molecule has 0 saturated heterocycles. The Hall–Kier alpha value is -1.25. The summed E-state index contributed by atoms with van der Waals surface area (Å²) in [6.45, 7) is 4.31. The molecule has 0 bridgehead atoms. The summed E-state index contributed by atoms with van der Waals surface area (Å²) in [6.07, 6.45) is 1.80. The molecule has 2 N–H and O–H groups in total. The van der Waals surface area contributed by atoms with E-state index < -0.39 is 0 Å². The maximum atomic E-state index is 4.23. The molecule has 1 aliphatic heterocycles. The van der Waals surface area contributed by atoms with Gasteiger partial charge in [0.25, 0.3) is 0 Å². The quantitative estimate of drug-likeness (QED) is 0.611. The molecule has 64 valence electrons. The minimum absolute atomic E-state index is 0.437. The number of aromatic nitrogens is 1. The molecule has 1 aromatic rings. The Morgan fingerprint density at radius 3 is 2.83 bits per heavy atom. The van der Waals surface area contributed by atoms with Crippen LogP contribution in [0.4, 0.5) is 11.5 Å². The third-order valence-electron chi connectivity index (χ3n) is 2.31. The van der Waals surface area contributed by atoms with E-state index >= 15 is 0 Å². The van der Waals surface area contributed by atoms with Crippen LogP contribution in [0.25, 0.3) is 0 Å². The summed E-state index contributed by atoms with van der Waals surface area (Å²) in [5, 5.41) is 6.72. The number of pyridine rings is 1. The fourth-order valence-electron chi connectivity index (χ4n) is 1.35. The fourth-order valence-corrected chi connectivity index (χ4v) is 1.35. The van der Waals surface area contributed by atoms with Crippen LogP contribution in [-0.4, -0.2) is 17.1 Å². The van der Waals surface area contributed by atoms with Gasteiger partial charge in [0.15, 0.2) is 0 Å². The molecule has 0 aromatic carbocycles. The molecule has 2 rings (SSSR count). The van der Waals surface area contributed by atoms with E-state index in [1.165, 1.54) is 0 Å². The van der Waals surface area contributed by atoms with E-state index in [0.717, 1.165) is 11.5 Å². The van der Waals surface area contributed by atoms with Crippen LogP contribution in [0.2, 0.25) is 0 Å². The van der Waals surface area contributed by atoms with E-state index in [4.69, 9.17) is 0 Å². The van der Waals surface area contributed by atoms with Crippen LogP contribution < -0.4 is 10.6 Å². The summed E-state index contributed by atoms with van der Waals surface area (Å²) in [5.41, 5.74) is 1.10. The van der Waals surface area contributed by atoms with Gasteiger partial charge in [0.2, 0.25) is 0 Å². The summed E-state index contributed by atoms with van der Waals surface area (Å²) < 4.78 is 0. The predicted molar refractivity (Wildman–Crippen MR) is 50.4 cm³/mol. The second-order valence-corrected chi connectivity index (χ2v) is 3.27. The summed E-state index contributed by atoms with van der Waals surface area (Å²) in [7, 11) is 0. The lowest BCUT2D eigenvalue weighted by molar-refractivity contribution is 0.659. The van der Waals surface area contributed by atoms with Crippen LogP contribution in [-0.2, 0) is 0 Å². The number of fused-ring (bicyclic) bond motifs is 1. The zero-order chi connectivity index (χ0) is 8.55. The third kappa shape index (κ3) is 1.11. The van der Waals surface area contributed by atoms with Crippen molar-refractivity contribution in [2.45, 2.75) is 25.9 Å². The van der Waals surface area contributed by atoms with Gasteiger partial charge in [0.1, 0.15) is 5.82 Å². The molecule has 0 aliphatic carbocycles. The minimum Gasteiger partial charge on any atom is -0.378 e. The fraction of sp³-hybridized carbons (Fsp3) is 0.444. The van der Waals surface area contributed by atoms with E-state index in [-0.39, 0.29) is 0 Å². The summed E-state index contributed by atoms with van der Waals surface area (Å²) in [6, 6.07) is 4.88. The van der Waals surface area contributed by atoms with Gasteiger partial charge in [-0.05, 0) is 26.0 Å². The molecule has 0 radical (unpaired) electrons. The highest BCUT2D eigenvalue weighted by Crippen LogP contribution is 2.24. The van der Waals surface area contributed by atoms with Crippen molar-refractivity contribution in [2.75, 3.05) is 10.6 Å². The van der Waals surface area contributed by atoms with Crippen LogP contribution in [0.1, 0.15) is 13.8 Å². The molecule has 1 aromatic heterocycles. The predicted octanol–water partition coefficient (Wildman–Crippen LogP) is 1.70. The highest BCUT2D eigenvalue weighted by molar-refractivity contribution is 5.67. The lowest BCUT2D eigenvalue weighted by Crippen LogP contribution is -2.39. The topological polar surface area (TPSA) is 37.0 Å². The van der Waals surface area contributed by atoms with Crippen LogP contribution in [0, 0.1) is 0 Å². The molecule has 3 nitrogen and oxygen atoms in total. The molecule has 3 heteroatoms. The summed E-state index contributed by atoms with van der Waals surface area (Å²) in [5.74, 6) is 0.961. The Morgan fingerprint density at radius 1 is 1.25 bits per heavy atom. The van der Waals surface area contributed by atoms with Gasteiger partial charge in [-0.2, -0.15) is 0 Å². The third-order valence-corrected chi connectivity index (χ3v) is 2.31. The zero-order valence-electron chi connectivity index (χ0n) is 7.33. The summed E-state index contributed by atoms with van der Waals surface area (Å²) in [4.78, 5) is 4.23. The zero-order valence-corrected chi connectivity index (χ0v) is 7.33. The number of nitrogens with one attached hydrogen (secondary N) is 2. The number of nitrogens with zero attached hydrogens (tertiary/aromatic N) is 1. The van der Waals surface area contributed by atoms with Gasteiger partial charge in [0, 0.05) is 18.3 Å². The van der Waals surface area contributed by atoms with Crippen LogP contribution in [0.5, 0.6) is 0 Å². The van der Waals surface area contributed by atoms with Gasteiger partial charge in [-0.25, -0.2) is 4.98 Å². The maximum absolute atomic E-state index is 4.23. The summed E-state index contributed by atoms with van der Waals surface area (Å²) >= 11 is 0. The second kappa shape index (κ2) is 2.66. The Labute approximate surface area is 72.2 Å². The van der Waals surface area contributed by atoms with Crippen molar-refractivity contribution in [1.82, 2.24) is 4.98 Å². The average Bonchev–Trinajstić information content (AvgIpc) is 2.07.